The van der Waals surface area contributed by atoms with E-state index < -0.39 is 12.3 Å². The molecule has 0 heterocycles. The van der Waals surface area contributed by atoms with Crippen molar-refractivity contribution in [3.8, 4) is 11.1 Å². The first-order chi connectivity index (χ1) is 12.8. The number of nitrogens with zero attached hydrogens (tertiary/aromatic N) is 4. The number of rotatable bonds is 7. The maximum absolute atomic E-state index is 10.7. The van der Waals surface area contributed by atoms with Gasteiger partial charge in [-0.2, -0.15) is 20.0 Å². The molecular weight excluding hydrogens is 336 g/mol. The molecule has 0 aliphatic carbocycles. The van der Waals surface area contributed by atoms with Gasteiger partial charge in [0.25, 0.3) is 0 Å². The second kappa shape index (κ2) is 9.30. The molecule has 26 heavy (non-hydrogen) atoms. The third kappa shape index (κ3) is 4.08. The molecule has 8 nitrogen and oxygen atoms in total. The van der Waals surface area contributed by atoms with Crippen molar-refractivity contribution in [2.45, 2.75) is 12.3 Å². The zero-order valence-corrected chi connectivity index (χ0v) is 13.2. The first-order valence-electron chi connectivity index (χ1n) is 7.23. The summed E-state index contributed by atoms with van der Waals surface area (Å²) in [6.07, 6.45) is 3.23. The standard InChI is InChI=1S/C18H10N4O4/c23-9-19-17(20-10-24)15-7-3-1-5-13(15)14-6-2-4-8-16(14)18(21-11-25)22-12-26/h1-8,17-18H. The predicted octanol–water partition coefficient (Wildman–Crippen LogP) is 2.69. The number of hydrogen-bond donors (Lipinski definition) is 0. The van der Waals surface area contributed by atoms with Gasteiger partial charge in [0.15, 0.2) is 12.3 Å². The molecule has 0 saturated carbocycles. The Morgan fingerprint density at radius 1 is 0.538 bits per heavy atom. The smallest absolute Gasteiger partial charge is 0.211 e. The van der Waals surface area contributed by atoms with E-state index in [9.17, 15) is 19.2 Å². The lowest BCUT2D eigenvalue weighted by Crippen LogP contribution is -2.00. The maximum Gasteiger partial charge on any atom is 0.237 e. The average Bonchev–Trinajstić information content (AvgIpc) is 2.68. The highest BCUT2D eigenvalue weighted by Gasteiger charge is 2.19. The van der Waals surface area contributed by atoms with Crippen LogP contribution in [-0.2, 0) is 19.2 Å². The quantitative estimate of drug-likeness (QED) is 0.565. The molecule has 2 aromatic rings. The minimum Gasteiger partial charge on any atom is -0.211 e. The van der Waals surface area contributed by atoms with E-state index in [2.05, 4.69) is 20.0 Å². The molecule has 2 aromatic carbocycles. The van der Waals surface area contributed by atoms with Crippen molar-refractivity contribution >= 4 is 24.3 Å². The largest absolute Gasteiger partial charge is 0.237 e. The molecule has 0 N–H and O–H groups in total. The molecule has 0 saturated heterocycles. The third-order valence-electron chi connectivity index (χ3n) is 3.47. The zero-order valence-electron chi connectivity index (χ0n) is 13.2. The summed E-state index contributed by atoms with van der Waals surface area (Å²) >= 11 is 0. The van der Waals surface area contributed by atoms with Crippen LogP contribution < -0.4 is 0 Å². The fourth-order valence-electron chi connectivity index (χ4n) is 2.47. The molecule has 0 aliphatic heterocycles. The van der Waals surface area contributed by atoms with Crippen molar-refractivity contribution in [1.82, 2.24) is 0 Å². The highest BCUT2D eigenvalue weighted by molar-refractivity contribution is 5.72. The minimum atomic E-state index is -1.13. The van der Waals surface area contributed by atoms with Gasteiger partial charge in [-0.3, -0.25) is 0 Å². The van der Waals surface area contributed by atoms with Gasteiger partial charge >= 0.3 is 0 Å². The Morgan fingerprint density at radius 2 is 0.846 bits per heavy atom. The predicted molar refractivity (Wildman–Crippen MR) is 89.8 cm³/mol. The number of hydrogen-bond acceptors (Lipinski definition) is 8. The van der Waals surface area contributed by atoms with Gasteiger partial charge in [0, 0.05) is 11.1 Å². The number of benzene rings is 2. The van der Waals surface area contributed by atoms with E-state index in [0.717, 1.165) is 0 Å². The number of carbonyl (C=O) groups excluding carboxylic acids is 4. The van der Waals surface area contributed by atoms with Crippen LogP contribution in [0.25, 0.3) is 11.1 Å². The summed E-state index contributed by atoms with van der Waals surface area (Å²) in [5.41, 5.74) is 1.96. The van der Waals surface area contributed by atoms with Crippen LogP contribution >= 0.6 is 0 Å². The lowest BCUT2D eigenvalue weighted by Gasteiger charge is -2.16. The Labute approximate surface area is 147 Å². The van der Waals surface area contributed by atoms with Gasteiger partial charge in [-0.25, -0.2) is 19.2 Å². The topological polar surface area (TPSA) is 118 Å². The van der Waals surface area contributed by atoms with Crippen LogP contribution in [-0.4, -0.2) is 24.3 Å². The Kier molecular flexibility index (Phi) is 6.55. The van der Waals surface area contributed by atoms with E-state index in [4.69, 9.17) is 0 Å². The molecule has 0 bridgehead atoms. The average molecular weight is 346 g/mol. The second-order valence-electron chi connectivity index (χ2n) is 4.80. The maximum atomic E-state index is 10.7. The van der Waals surface area contributed by atoms with Crippen LogP contribution in [0.2, 0.25) is 0 Å². The highest BCUT2D eigenvalue weighted by atomic mass is 16.1. The normalized spacial score (nSPS) is 11.5. The Balaban J connectivity index is 2.74. The van der Waals surface area contributed by atoms with E-state index in [-0.39, 0.29) is 0 Å². The van der Waals surface area contributed by atoms with E-state index in [0.29, 0.717) is 22.3 Å². The summed E-state index contributed by atoms with van der Waals surface area (Å²) in [7, 11) is 0. The molecule has 0 unspecified atom stereocenters. The third-order valence-corrected chi connectivity index (χ3v) is 3.47. The number of aliphatic imine (C=N–C) groups is 4. The zero-order chi connectivity index (χ0) is 18.8. The molecule has 0 radical (unpaired) electrons. The first kappa shape index (κ1) is 18.3. The van der Waals surface area contributed by atoms with Crippen LogP contribution in [0, 0.1) is 0 Å². The molecule has 0 aromatic heterocycles. The summed E-state index contributed by atoms with van der Waals surface area (Å²) in [5.74, 6) is 0. The highest BCUT2D eigenvalue weighted by Crippen LogP contribution is 2.36. The van der Waals surface area contributed by atoms with Crippen molar-refractivity contribution < 1.29 is 19.2 Å². The van der Waals surface area contributed by atoms with Crippen LogP contribution in [0.5, 0.6) is 0 Å². The van der Waals surface area contributed by atoms with E-state index in [1.54, 1.807) is 48.5 Å². The summed E-state index contributed by atoms with van der Waals surface area (Å²) < 4.78 is 0. The lowest BCUT2D eigenvalue weighted by molar-refractivity contribution is 0.550. The van der Waals surface area contributed by atoms with Crippen LogP contribution in [0.4, 0.5) is 0 Å². The van der Waals surface area contributed by atoms with Crippen LogP contribution in [0.15, 0.2) is 68.5 Å². The fraction of sp³-hybridized carbons (Fsp3) is 0.111. The van der Waals surface area contributed by atoms with Crippen LogP contribution in [0.3, 0.4) is 0 Å². The van der Waals surface area contributed by atoms with Crippen molar-refractivity contribution in [1.29, 1.82) is 0 Å². The van der Waals surface area contributed by atoms with Gasteiger partial charge in [-0.15, -0.1) is 0 Å². The molecule has 0 spiro atoms. The van der Waals surface area contributed by atoms with Gasteiger partial charge < -0.3 is 0 Å². The van der Waals surface area contributed by atoms with Gasteiger partial charge in [0.2, 0.25) is 24.3 Å². The Bertz CT molecular complexity index is 876. The van der Waals surface area contributed by atoms with Crippen molar-refractivity contribution in [3.63, 3.8) is 0 Å². The van der Waals surface area contributed by atoms with E-state index in [1.807, 2.05) is 0 Å². The molecule has 0 amide bonds. The van der Waals surface area contributed by atoms with Crippen molar-refractivity contribution in [2.75, 3.05) is 0 Å². The number of isocyanates is 4. The molecule has 0 aliphatic rings. The van der Waals surface area contributed by atoms with Gasteiger partial charge in [-0.05, 0) is 11.1 Å². The summed E-state index contributed by atoms with van der Waals surface area (Å²) in [5, 5.41) is 0. The Hall–Kier alpha value is -4.04. The SMILES string of the molecule is O=C=NC(N=C=O)c1ccccc1-c1ccccc1C(N=C=O)N=C=O. The van der Waals surface area contributed by atoms with Crippen LogP contribution in [0.1, 0.15) is 23.5 Å². The monoisotopic (exact) mass is 346 g/mol. The van der Waals surface area contributed by atoms with E-state index >= 15 is 0 Å². The molecule has 0 atom stereocenters. The van der Waals surface area contributed by atoms with Gasteiger partial charge in [0.05, 0.1) is 0 Å². The fourth-order valence-corrected chi connectivity index (χ4v) is 2.47. The molecule has 126 valence electrons. The molecular formula is C18H10N4O4. The van der Waals surface area contributed by atoms with E-state index in [1.165, 1.54) is 24.3 Å². The van der Waals surface area contributed by atoms with Gasteiger partial charge in [-0.1, -0.05) is 48.5 Å². The van der Waals surface area contributed by atoms with Gasteiger partial charge in [0.1, 0.15) is 0 Å². The lowest BCUT2D eigenvalue weighted by atomic mass is 9.93. The minimum absolute atomic E-state index is 0.426. The van der Waals surface area contributed by atoms with Crippen molar-refractivity contribution in [2.24, 2.45) is 20.0 Å². The summed E-state index contributed by atoms with van der Waals surface area (Å²) in [6.45, 7) is 0. The second-order valence-corrected chi connectivity index (χ2v) is 4.80. The molecule has 2 rings (SSSR count). The van der Waals surface area contributed by atoms with Crippen molar-refractivity contribution in [3.05, 3.63) is 59.7 Å². The Morgan fingerprint density at radius 3 is 1.15 bits per heavy atom. The summed E-state index contributed by atoms with van der Waals surface area (Å²) in [4.78, 5) is 56.7. The summed E-state index contributed by atoms with van der Waals surface area (Å²) in [6, 6.07) is 13.5. The first-order valence-corrected chi connectivity index (χ1v) is 7.23. The molecule has 0 fully saturated rings. The molecule has 8 heteroatoms.